The van der Waals surface area contributed by atoms with Crippen LogP contribution in [0.15, 0.2) is 36.5 Å². The molecule has 2 fully saturated rings. The number of pyridine rings is 1. The molecule has 2 atom stereocenters. The average Bonchev–Trinajstić information content (AvgIpc) is 3.42. The van der Waals surface area contributed by atoms with Crippen molar-refractivity contribution in [3.63, 3.8) is 0 Å². The van der Waals surface area contributed by atoms with Gasteiger partial charge in [0.2, 0.25) is 0 Å². The second-order valence-corrected chi connectivity index (χ2v) is 22.6. The van der Waals surface area contributed by atoms with Gasteiger partial charge in [0.15, 0.2) is 12.4 Å². The standard InChI is InChI=1S/C44H54FN5O6Si/c1-11-54-36(52)25-55-42-47-40-35(41(48-42)49-22-32-15-16-33(23-49)50(32)43(53)56-44(8,9)10)21-46-39(38(40)45)34-20-29(24-51)19-31-14-12-13-30(37(31)34)17-18-57(26(2)3,27(4)5)28(6)7/h12-14,19-21,24,26-28,32-33H,11,15-16,22-23,25H2,1-10H3/t32-,33+. The van der Waals surface area contributed by atoms with Crippen LogP contribution in [0.25, 0.3) is 32.9 Å². The minimum atomic E-state index is -2.14. The molecule has 2 aliphatic heterocycles. The lowest BCUT2D eigenvalue weighted by atomic mass is 9.94. The summed E-state index contributed by atoms with van der Waals surface area (Å²) in [6.07, 6.45) is 3.46. The molecule has 2 aliphatic rings. The summed E-state index contributed by atoms with van der Waals surface area (Å²) in [7, 11) is -2.14. The van der Waals surface area contributed by atoms with Gasteiger partial charge in [-0.2, -0.15) is 9.97 Å². The minimum Gasteiger partial charge on any atom is -0.463 e. The largest absolute Gasteiger partial charge is 0.463 e. The molecule has 0 spiro atoms. The Morgan fingerprint density at radius 2 is 1.68 bits per heavy atom. The zero-order chi connectivity index (χ0) is 41.4. The monoisotopic (exact) mass is 795 g/mol. The normalized spacial score (nSPS) is 17.0. The fourth-order valence-corrected chi connectivity index (χ4v) is 14.2. The summed E-state index contributed by atoms with van der Waals surface area (Å²) in [5, 5.41) is 1.75. The third-order valence-corrected chi connectivity index (χ3v) is 17.6. The number of aldehydes is 1. The Bertz CT molecular complexity index is 2230. The molecular weight excluding hydrogens is 742 g/mol. The fraction of sp³-hybridized carbons (Fsp3) is 0.500. The summed E-state index contributed by atoms with van der Waals surface area (Å²) in [5.74, 6) is 2.56. The summed E-state index contributed by atoms with van der Waals surface area (Å²) in [6.45, 7) is 21.3. The van der Waals surface area contributed by atoms with Gasteiger partial charge in [-0.25, -0.2) is 14.0 Å². The Hall–Kier alpha value is -5.09. The van der Waals surface area contributed by atoms with Crippen molar-refractivity contribution in [1.29, 1.82) is 0 Å². The maximum absolute atomic E-state index is 17.4. The van der Waals surface area contributed by atoms with Crippen molar-refractivity contribution >= 4 is 53.9 Å². The number of nitrogens with zero attached hydrogens (tertiary/aromatic N) is 5. The van der Waals surface area contributed by atoms with Gasteiger partial charge in [0.25, 0.3) is 0 Å². The first kappa shape index (κ1) is 41.5. The molecule has 4 heterocycles. The lowest BCUT2D eigenvalue weighted by Crippen LogP contribution is -2.57. The first-order valence-electron chi connectivity index (χ1n) is 19.9. The van der Waals surface area contributed by atoms with Gasteiger partial charge in [0.05, 0.1) is 24.1 Å². The number of fused-ring (bicyclic) bond motifs is 4. The molecule has 11 nitrogen and oxygen atoms in total. The van der Waals surface area contributed by atoms with Crippen LogP contribution in [0.2, 0.25) is 16.6 Å². The fourth-order valence-electron chi connectivity index (χ4n) is 8.95. The number of hydrogen-bond acceptors (Lipinski definition) is 10. The van der Waals surface area contributed by atoms with E-state index in [9.17, 15) is 14.4 Å². The second kappa shape index (κ2) is 16.4. The molecule has 2 aromatic carbocycles. The van der Waals surface area contributed by atoms with Crippen molar-refractivity contribution in [2.45, 2.75) is 116 Å². The Balaban J connectivity index is 1.51. The van der Waals surface area contributed by atoms with Crippen LogP contribution >= 0.6 is 0 Å². The van der Waals surface area contributed by atoms with Crippen molar-refractivity contribution in [1.82, 2.24) is 19.9 Å². The van der Waals surface area contributed by atoms with E-state index in [-0.39, 0.29) is 42.0 Å². The molecule has 0 N–H and O–H groups in total. The molecule has 302 valence electrons. The number of hydrogen-bond donors (Lipinski definition) is 0. The van der Waals surface area contributed by atoms with Gasteiger partial charge in [0, 0.05) is 41.4 Å². The van der Waals surface area contributed by atoms with E-state index < -0.39 is 32.1 Å². The number of rotatable bonds is 10. The molecule has 2 aromatic heterocycles. The van der Waals surface area contributed by atoms with E-state index in [1.165, 1.54) is 0 Å². The van der Waals surface area contributed by atoms with Gasteiger partial charge in [-0.05, 0) is 80.7 Å². The molecule has 0 saturated carbocycles. The van der Waals surface area contributed by atoms with E-state index in [1.54, 1.807) is 25.3 Å². The maximum atomic E-state index is 17.4. The van der Waals surface area contributed by atoms with E-state index >= 15 is 4.39 Å². The molecule has 13 heteroatoms. The number of carbonyl (C=O) groups is 3. The van der Waals surface area contributed by atoms with Gasteiger partial charge < -0.3 is 19.1 Å². The lowest BCUT2D eigenvalue weighted by molar-refractivity contribution is -0.145. The third-order valence-electron chi connectivity index (χ3n) is 11.3. The number of halogens is 1. The minimum absolute atomic E-state index is 0.0126. The predicted octanol–water partition coefficient (Wildman–Crippen LogP) is 8.90. The van der Waals surface area contributed by atoms with Crippen LogP contribution in [0.4, 0.5) is 15.0 Å². The molecule has 2 saturated heterocycles. The highest BCUT2D eigenvalue weighted by Crippen LogP contribution is 2.42. The van der Waals surface area contributed by atoms with E-state index in [0.29, 0.717) is 57.4 Å². The summed E-state index contributed by atoms with van der Waals surface area (Å²) >= 11 is 0. The highest BCUT2D eigenvalue weighted by Gasteiger charge is 2.45. The highest BCUT2D eigenvalue weighted by atomic mass is 28.3. The Kier molecular flexibility index (Phi) is 12.0. The Labute approximate surface area is 335 Å². The number of aromatic nitrogens is 3. The zero-order valence-corrected chi connectivity index (χ0v) is 35.7. The van der Waals surface area contributed by atoms with Gasteiger partial charge in [-0.3, -0.25) is 14.7 Å². The number of carbonyl (C=O) groups excluding carboxylic acids is 3. The SMILES string of the molecule is CCOC(=O)COc1nc(N2C[C@H]3CC[C@@H](C2)N3C(=O)OC(C)(C)C)c2cnc(-c3cc(C=O)cc4cccc(C#C[Si](C(C)C)(C(C)C)C(C)C)c34)c(F)c2n1. The average molecular weight is 796 g/mol. The first-order valence-corrected chi connectivity index (χ1v) is 22.2. The van der Waals surface area contributed by atoms with Crippen molar-refractivity contribution in [2.24, 2.45) is 0 Å². The van der Waals surface area contributed by atoms with Crippen LogP contribution in [0.3, 0.4) is 0 Å². The van der Waals surface area contributed by atoms with Gasteiger partial charge in [-0.1, -0.05) is 59.6 Å². The molecule has 0 unspecified atom stereocenters. The number of anilines is 1. The highest BCUT2D eigenvalue weighted by molar-refractivity contribution is 6.90. The van der Waals surface area contributed by atoms with Gasteiger partial charge >= 0.3 is 18.1 Å². The number of amides is 1. The van der Waals surface area contributed by atoms with E-state index in [2.05, 4.69) is 58.0 Å². The van der Waals surface area contributed by atoms with Crippen molar-refractivity contribution in [2.75, 3.05) is 31.2 Å². The molecule has 6 rings (SSSR count). The number of benzene rings is 2. The molecular formula is C44H54FN5O6Si. The van der Waals surface area contributed by atoms with Crippen LogP contribution in [0.5, 0.6) is 6.01 Å². The predicted molar refractivity (Wildman–Crippen MR) is 223 cm³/mol. The summed E-state index contributed by atoms with van der Waals surface area (Å²) in [6, 6.07) is 8.62. The molecule has 2 bridgehead atoms. The van der Waals surface area contributed by atoms with Crippen LogP contribution in [0.1, 0.15) is 98.0 Å². The van der Waals surface area contributed by atoms with E-state index in [4.69, 9.17) is 24.2 Å². The number of esters is 1. The van der Waals surface area contributed by atoms with E-state index in [0.717, 1.165) is 30.1 Å². The van der Waals surface area contributed by atoms with Gasteiger partial charge in [-0.15, -0.1) is 5.54 Å². The topological polar surface area (TPSA) is 124 Å². The van der Waals surface area contributed by atoms with Crippen LogP contribution < -0.4 is 9.64 Å². The molecule has 1 amide bonds. The summed E-state index contributed by atoms with van der Waals surface area (Å²) < 4.78 is 33.9. The van der Waals surface area contributed by atoms with Gasteiger partial charge in [0.1, 0.15) is 37.0 Å². The van der Waals surface area contributed by atoms with Crippen molar-refractivity contribution in [3.8, 4) is 28.7 Å². The number of ether oxygens (including phenoxy) is 3. The summed E-state index contributed by atoms with van der Waals surface area (Å²) in [4.78, 5) is 55.6. The van der Waals surface area contributed by atoms with Crippen LogP contribution in [-0.4, -0.2) is 90.3 Å². The summed E-state index contributed by atoms with van der Waals surface area (Å²) in [5.41, 5.74) is 5.79. The smallest absolute Gasteiger partial charge is 0.410 e. The molecule has 0 radical (unpaired) electrons. The van der Waals surface area contributed by atoms with Crippen LogP contribution in [0, 0.1) is 17.3 Å². The van der Waals surface area contributed by atoms with Crippen molar-refractivity contribution in [3.05, 3.63) is 53.5 Å². The maximum Gasteiger partial charge on any atom is 0.410 e. The Morgan fingerprint density at radius 3 is 2.28 bits per heavy atom. The lowest BCUT2D eigenvalue weighted by Gasteiger charge is -2.42. The van der Waals surface area contributed by atoms with E-state index in [1.807, 2.05) is 48.8 Å². The zero-order valence-electron chi connectivity index (χ0n) is 34.7. The Morgan fingerprint density at radius 1 is 1.02 bits per heavy atom. The number of piperazine rings is 1. The molecule has 0 aliphatic carbocycles. The van der Waals surface area contributed by atoms with Crippen molar-refractivity contribution < 1.29 is 33.0 Å². The first-order chi connectivity index (χ1) is 27.0. The third kappa shape index (κ3) is 8.19. The van der Waals surface area contributed by atoms with Crippen LogP contribution in [-0.2, 0) is 14.3 Å². The molecule has 57 heavy (non-hydrogen) atoms. The quantitative estimate of drug-likeness (QED) is 0.0666. The second-order valence-electron chi connectivity index (χ2n) is 17.0. The molecule has 4 aromatic rings.